The molecule has 0 aromatic heterocycles. The average molecular weight is 257 g/mol. The Morgan fingerprint density at radius 3 is 2.78 bits per heavy atom. The Kier molecular flexibility index (Phi) is 5.91. The summed E-state index contributed by atoms with van der Waals surface area (Å²) in [4.78, 5) is 26.4. The summed E-state index contributed by atoms with van der Waals surface area (Å²) in [7, 11) is 3.60. The third kappa shape index (κ3) is 4.18. The van der Waals surface area contributed by atoms with Gasteiger partial charge in [-0.3, -0.25) is 4.79 Å². The van der Waals surface area contributed by atoms with Gasteiger partial charge in [0.15, 0.2) is 0 Å². The lowest BCUT2D eigenvalue weighted by Crippen LogP contribution is -2.50. The summed E-state index contributed by atoms with van der Waals surface area (Å²) >= 11 is 0. The van der Waals surface area contributed by atoms with Crippen LogP contribution in [0.25, 0.3) is 0 Å². The summed E-state index contributed by atoms with van der Waals surface area (Å²) in [6.07, 6.45) is 2.80. The van der Waals surface area contributed by atoms with E-state index in [1.54, 1.807) is 16.8 Å². The maximum Gasteiger partial charge on any atom is 0.320 e. The molecule has 1 saturated heterocycles. The third-order valence-electron chi connectivity index (χ3n) is 3.31. The molecule has 0 saturated carbocycles. The fraction of sp³-hybridized carbons (Fsp3) is 0.833. The van der Waals surface area contributed by atoms with E-state index in [1.807, 2.05) is 7.05 Å². The Hall–Kier alpha value is -1.30. The van der Waals surface area contributed by atoms with Gasteiger partial charge in [0.1, 0.15) is 0 Å². The van der Waals surface area contributed by atoms with Gasteiger partial charge in [-0.2, -0.15) is 0 Å². The first-order chi connectivity index (χ1) is 8.56. The molecule has 1 aliphatic heterocycles. The highest BCUT2D eigenvalue weighted by molar-refractivity contribution is 5.76. The van der Waals surface area contributed by atoms with Crippen LogP contribution < -0.4 is 5.32 Å². The fourth-order valence-electron chi connectivity index (χ4n) is 2.26. The number of hydrogen-bond acceptors (Lipinski definition) is 3. The standard InChI is InChI=1S/C12H23N3O3/c1-13-6-8-14(2)12(18)15-7-4-3-5-10(15)9-11(16)17/h10,13H,3-9H2,1-2H3,(H,16,17). The monoisotopic (exact) mass is 257 g/mol. The number of piperidine rings is 1. The molecular formula is C12H23N3O3. The first kappa shape index (κ1) is 14.8. The van der Waals surface area contributed by atoms with Gasteiger partial charge in [-0.25, -0.2) is 4.79 Å². The van der Waals surface area contributed by atoms with Crippen LogP contribution in [0.4, 0.5) is 4.79 Å². The number of nitrogens with zero attached hydrogens (tertiary/aromatic N) is 2. The molecule has 2 amide bonds. The van der Waals surface area contributed by atoms with E-state index in [1.165, 1.54) is 0 Å². The van der Waals surface area contributed by atoms with Crippen LogP contribution in [0.15, 0.2) is 0 Å². The van der Waals surface area contributed by atoms with E-state index in [4.69, 9.17) is 5.11 Å². The minimum atomic E-state index is -0.836. The van der Waals surface area contributed by atoms with E-state index >= 15 is 0 Å². The summed E-state index contributed by atoms with van der Waals surface area (Å²) in [5.74, 6) is -0.836. The summed E-state index contributed by atoms with van der Waals surface area (Å²) < 4.78 is 0. The number of likely N-dealkylation sites (N-methyl/N-ethyl adjacent to an activating group) is 2. The second-order valence-corrected chi connectivity index (χ2v) is 4.75. The van der Waals surface area contributed by atoms with Crippen molar-refractivity contribution >= 4 is 12.0 Å². The lowest BCUT2D eigenvalue weighted by molar-refractivity contribution is -0.138. The number of carboxylic acid groups (broad SMARTS) is 1. The van der Waals surface area contributed by atoms with Crippen LogP contribution in [-0.4, -0.2) is 66.7 Å². The van der Waals surface area contributed by atoms with E-state index in [9.17, 15) is 9.59 Å². The van der Waals surface area contributed by atoms with E-state index in [2.05, 4.69) is 5.32 Å². The van der Waals surface area contributed by atoms with Crippen molar-refractivity contribution in [1.29, 1.82) is 0 Å². The highest BCUT2D eigenvalue weighted by Crippen LogP contribution is 2.20. The van der Waals surface area contributed by atoms with Gasteiger partial charge in [0.05, 0.1) is 6.42 Å². The highest BCUT2D eigenvalue weighted by Gasteiger charge is 2.29. The quantitative estimate of drug-likeness (QED) is 0.756. The Bertz CT molecular complexity index is 296. The zero-order chi connectivity index (χ0) is 13.5. The molecule has 0 radical (unpaired) electrons. The topological polar surface area (TPSA) is 72.9 Å². The van der Waals surface area contributed by atoms with Gasteiger partial charge < -0.3 is 20.2 Å². The largest absolute Gasteiger partial charge is 0.481 e. The Balaban J connectivity index is 2.58. The number of carboxylic acids is 1. The molecule has 18 heavy (non-hydrogen) atoms. The average Bonchev–Trinajstić information content (AvgIpc) is 2.35. The molecule has 0 bridgehead atoms. The second kappa shape index (κ2) is 7.20. The van der Waals surface area contributed by atoms with Crippen LogP contribution in [0.1, 0.15) is 25.7 Å². The number of hydrogen-bond donors (Lipinski definition) is 2. The predicted octanol–water partition coefficient (Wildman–Crippen LogP) is 0.587. The molecule has 1 atom stereocenters. The van der Waals surface area contributed by atoms with Gasteiger partial charge in [0.2, 0.25) is 0 Å². The van der Waals surface area contributed by atoms with Crippen LogP contribution in [-0.2, 0) is 4.79 Å². The Labute approximate surface area is 108 Å². The van der Waals surface area contributed by atoms with Crippen LogP contribution in [0, 0.1) is 0 Å². The molecule has 1 heterocycles. The third-order valence-corrected chi connectivity index (χ3v) is 3.31. The van der Waals surface area contributed by atoms with Crippen LogP contribution in [0.5, 0.6) is 0 Å². The van der Waals surface area contributed by atoms with Crippen molar-refractivity contribution in [2.75, 3.05) is 33.7 Å². The molecule has 0 aromatic rings. The molecule has 104 valence electrons. The summed E-state index contributed by atoms with van der Waals surface area (Å²) in [5.41, 5.74) is 0. The lowest BCUT2D eigenvalue weighted by Gasteiger charge is -2.37. The van der Waals surface area contributed by atoms with E-state index in [-0.39, 0.29) is 18.5 Å². The molecule has 0 aliphatic carbocycles. The molecule has 6 nitrogen and oxygen atoms in total. The number of aliphatic carboxylic acids is 1. The number of urea groups is 1. The van der Waals surface area contributed by atoms with Crippen molar-refractivity contribution in [3.63, 3.8) is 0 Å². The summed E-state index contributed by atoms with van der Waals surface area (Å²) in [5, 5.41) is 11.9. The van der Waals surface area contributed by atoms with E-state index in [0.717, 1.165) is 25.8 Å². The Morgan fingerprint density at radius 2 is 2.17 bits per heavy atom. The minimum Gasteiger partial charge on any atom is -0.481 e. The van der Waals surface area contributed by atoms with Gasteiger partial charge in [0.25, 0.3) is 0 Å². The molecule has 1 fully saturated rings. The molecule has 2 N–H and O–H groups in total. The maximum absolute atomic E-state index is 12.2. The molecule has 1 aliphatic rings. The van der Waals surface area contributed by atoms with E-state index < -0.39 is 5.97 Å². The molecule has 0 spiro atoms. The van der Waals surface area contributed by atoms with Crippen LogP contribution in [0.2, 0.25) is 0 Å². The van der Waals surface area contributed by atoms with Crippen molar-refractivity contribution in [1.82, 2.24) is 15.1 Å². The van der Waals surface area contributed by atoms with Crippen LogP contribution in [0.3, 0.4) is 0 Å². The SMILES string of the molecule is CNCCN(C)C(=O)N1CCCCC1CC(=O)O. The normalized spacial score (nSPS) is 19.7. The first-order valence-corrected chi connectivity index (χ1v) is 6.44. The van der Waals surface area contributed by atoms with Gasteiger partial charge in [0, 0.05) is 32.7 Å². The lowest BCUT2D eigenvalue weighted by atomic mass is 10.00. The van der Waals surface area contributed by atoms with Crippen molar-refractivity contribution in [2.45, 2.75) is 31.7 Å². The zero-order valence-electron chi connectivity index (χ0n) is 11.2. The smallest absolute Gasteiger partial charge is 0.320 e. The van der Waals surface area contributed by atoms with Crippen molar-refractivity contribution in [3.05, 3.63) is 0 Å². The van der Waals surface area contributed by atoms with Crippen molar-refractivity contribution in [2.24, 2.45) is 0 Å². The molecule has 1 unspecified atom stereocenters. The molecule has 6 heteroatoms. The fourth-order valence-corrected chi connectivity index (χ4v) is 2.26. The zero-order valence-corrected chi connectivity index (χ0v) is 11.2. The number of amides is 2. The first-order valence-electron chi connectivity index (χ1n) is 6.44. The number of carbonyl (C=O) groups is 2. The Morgan fingerprint density at radius 1 is 1.44 bits per heavy atom. The summed E-state index contributed by atoms with van der Waals surface area (Å²) in [6.45, 7) is 2.03. The maximum atomic E-state index is 12.2. The molecule has 1 rings (SSSR count). The van der Waals surface area contributed by atoms with Crippen LogP contribution >= 0.6 is 0 Å². The van der Waals surface area contributed by atoms with Gasteiger partial charge >= 0.3 is 12.0 Å². The minimum absolute atomic E-state index is 0.0472. The van der Waals surface area contributed by atoms with Crippen molar-refractivity contribution in [3.8, 4) is 0 Å². The molecule has 0 aromatic carbocycles. The number of carbonyl (C=O) groups excluding carboxylic acids is 1. The number of nitrogens with one attached hydrogen (secondary N) is 1. The van der Waals surface area contributed by atoms with Crippen molar-refractivity contribution < 1.29 is 14.7 Å². The summed E-state index contributed by atoms with van der Waals surface area (Å²) in [6, 6.07) is -0.211. The van der Waals surface area contributed by atoms with E-state index in [0.29, 0.717) is 13.1 Å². The number of rotatable bonds is 5. The second-order valence-electron chi connectivity index (χ2n) is 4.75. The predicted molar refractivity (Wildman–Crippen MR) is 68.6 cm³/mol. The van der Waals surface area contributed by atoms with Gasteiger partial charge in [-0.15, -0.1) is 0 Å². The van der Waals surface area contributed by atoms with Gasteiger partial charge in [-0.1, -0.05) is 0 Å². The number of likely N-dealkylation sites (tertiary alicyclic amines) is 1. The highest BCUT2D eigenvalue weighted by atomic mass is 16.4. The molecular weight excluding hydrogens is 234 g/mol. The van der Waals surface area contributed by atoms with Gasteiger partial charge in [-0.05, 0) is 26.3 Å².